The molecule has 0 bridgehead atoms. The summed E-state index contributed by atoms with van der Waals surface area (Å²) in [7, 11) is 2.60. The van der Waals surface area contributed by atoms with E-state index in [1.54, 1.807) is 6.07 Å². The van der Waals surface area contributed by atoms with Gasteiger partial charge in [-0.2, -0.15) is 0 Å². The van der Waals surface area contributed by atoms with E-state index >= 15 is 0 Å². The number of halogens is 1. The standard InChI is InChI=1S/C31H25BrO5/c1-18-19(2)31(20-11-7-5-8-12-20,21-13-9-6-10-14-21)37-28-23-16-15-22(32)17-24(23)26(29(33)35-3)27(25(18)28)30(34)36-4/h5-17H,1-4H3. The number of ether oxygens (including phenoxy) is 3. The largest absolute Gasteiger partial charge is 0.472 e. The van der Waals surface area contributed by atoms with E-state index in [9.17, 15) is 9.59 Å². The van der Waals surface area contributed by atoms with Crippen LogP contribution in [0.4, 0.5) is 0 Å². The van der Waals surface area contributed by atoms with E-state index in [0.717, 1.165) is 26.7 Å². The van der Waals surface area contributed by atoms with Crippen LogP contribution in [0.1, 0.15) is 51.3 Å². The first kappa shape index (κ1) is 24.8. The molecule has 0 aromatic heterocycles. The number of methoxy groups -OCH3 is 2. The molecule has 1 aliphatic heterocycles. The van der Waals surface area contributed by atoms with E-state index in [-0.39, 0.29) is 11.1 Å². The summed E-state index contributed by atoms with van der Waals surface area (Å²) in [4.78, 5) is 26.4. The normalized spacial score (nSPS) is 14.1. The Bertz CT molecular complexity index is 1530. The maximum atomic E-state index is 13.3. The Morgan fingerprint density at radius 3 is 1.84 bits per heavy atom. The summed E-state index contributed by atoms with van der Waals surface area (Å²) < 4.78 is 18.2. The lowest BCUT2D eigenvalue weighted by molar-refractivity contribution is 0.0555. The summed E-state index contributed by atoms with van der Waals surface area (Å²) in [5.74, 6) is -0.757. The van der Waals surface area contributed by atoms with Gasteiger partial charge in [0.25, 0.3) is 0 Å². The lowest BCUT2D eigenvalue weighted by Gasteiger charge is -2.42. The molecule has 1 heterocycles. The number of rotatable bonds is 4. The van der Waals surface area contributed by atoms with Crippen molar-refractivity contribution in [2.75, 3.05) is 14.2 Å². The van der Waals surface area contributed by atoms with Crippen LogP contribution in [0.15, 0.2) is 88.9 Å². The summed E-state index contributed by atoms with van der Waals surface area (Å²) in [6, 6.07) is 25.6. The van der Waals surface area contributed by atoms with Gasteiger partial charge in [0, 0.05) is 31.9 Å². The zero-order valence-electron chi connectivity index (χ0n) is 20.9. The van der Waals surface area contributed by atoms with Gasteiger partial charge in [0.1, 0.15) is 5.75 Å². The van der Waals surface area contributed by atoms with Crippen LogP contribution in [-0.2, 0) is 15.1 Å². The second-order valence-corrected chi connectivity index (χ2v) is 9.81. The van der Waals surface area contributed by atoms with Crippen LogP contribution >= 0.6 is 15.9 Å². The molecule has 4 aromatic carbocycles. The fourth-order valence-corrected chi connectivity index (χ4v) is 5.62. The molecule has 0 fully saturated rings. The molecule has 5 nitrogen and oxygen atoms in total. The minimum atomic E-state index is -0.959. The topological polar surface area (TPSA) is 61.8 Å². The van der Waals surface area contributed by atoms with Gasteiger partial charge in [0.05, 0.1) is 25.3 Å². The van der Waals surface area contributed by atoms with E-state index in [0.29, 0.717) is 22.1 Å². The summed E-state index contributed by atoms with van der Waals surface area (Å²) >= 11 is 3.51. The Hall–Kier alpha value is -3.90. The fourth-order valence-electron chi connectivity index (χ4n) is 5.26. The maximum absolute atomic E-state index is 13.3. The molecule has 6 heteroatoms. The Balaban J connectivity index is 1.99. The number of esters is 2. The monoisotopic (exact) mass is 556 g/mol. The quantitative estimate of drug-likeness (QED) is 0.247. The minimum Gasteiger partial charge on any atom is -0.472 e. The Morgan fingerprint density at radius 1 is 0.757 bits per heavy atom. The van der Waals surface area contributed by atoms with Crippen molar-refractivity contribution in [3.8, 4) is 5.75 Å². The Labute approximate surface area is 223 Å². The fraction of sp³-hybridized carbons (Fsp3) is 0.161. The van der Waals surface area contributed by atoms with Crippen molar-refractivity contribution in [2.24, 2.45) is 0 Å². The smallest absolute Gasteiger partial charge is 0.339 e. The SMILES string of the molecule is COC(=O)c1c2c(c3ccc(Br)cc3c1C(=O)OC)OC(c1ccccc1)(c1ccccc1)C(C)=C2C. The van der Waals surface area contributed by atoms with Crippen molar-refractivity contribution >= 4 is 44.2 Å². The second kappa shape index (κ2) is 9.52. The lowest BCUT2D eigenvalue weighted by Crippen LogP contribution is -2.39. The number of carbonyl (C=O) groups is 2. The first-order valence-electron chi connectivity index (χ1n) is 11.8. The maximum Gasteiger partial charge on any atom is 0.339 e. The molecule has 0 saturated carbocycles. The molecule has 1 aliphatic rings. The summed E-state index contributed by atoms with van der Waals surface area (Å²) in [5, 5.41) is 1.22. The lowest BCUT2D eigenvalue weighted by atomic mass is 9.74. The van der Waals surface area contributed by atoms with Gasteiger partial charge in [-0.1, -0.05) is 76.6 Å². The molecule has 0 spiro atoms. The molecule has 5 rings (SSSR count). The highest BCUT2D eigenvalue weighted by atomic mass is 79.9. The van der Waals surface area contributed by atoms with Crippen molar-refractivity contribution in [1.29, 1.82) is 0 Å². The van der Waals surface area contributed by atoms with Crippen LogP contribution in [0.5, 0.6) is 5.75 Å². The summed E-state index contributed by atoms with van der Waals surface area (Å²) in [6.07, 6.45) is 0. The second-order valence-electron chi connectivity index (χ2n) is 8.89. The van der Waals surface area contributed by atoms with E-state index in [1.807, 2.05) is 86.6 Å². The Kier molecular flexibility index (Phi) is 6.38. The summed E-state index contributed by atoms with van der Waals surface area (Å²) in [5.41, 5.74) is 3.46. The van der Waals surface area contributed by atoms with Crippen molar-refractivity contribution in [3.05, 3.63) is 117 Å². The van der Waals surface area contributed by atoms with Gasteiger partial charge in [-0.15, -0.1) is 0 Å². The molecule has 0 radical (unpaired) electrons. The van der Waals surface area contributed by atoms with Gasteiger partial charge in [-0.3, -0.25) is 0 Å². The third-order valence-electron chi connectivity index (χ3n) is 7.08. The van der Waals surface area contributed by atoms with E-state index in [4.69, 9.17) is 14.2 Å². The molecule has 0 N–H and O–H groups in total. The molecule has 0 amide bonds. The van der Waals surface area contributed by atoms with Gasteiger partial charge in [-0.25, -0.2) is 9.59 Å². The number of benzene rings is 4. The highest BCUT2D eigenvalue weighted by molar-refractivity contribution is 9.10. The highest BCUT2D eigenvalue weighted by Crippen LogP contribution is 2.53. The van der Waals surface area contributed by atoms with Gasteiger partial charge in [0.2, 0.25) is 0 Å². The van der Waals surface area contributed by atoms with E-state index < -0.39 is 17.5 Å². The average molecular weight is 557 g/mol. The van der Waals surface area contributed by atoms with Crippen LogP contribution in [0.2, 0.25) is 0 Å². The predicted octanol–water partition coefficient (Wildman–Crippen LogP) is 7.31. The first-order valence-corrected chi connectivity index (χ1v) is 12.6. The number of hydrogen-bond acceptors (Lipinski definition) is 5. The van der Waals surface area contributed by atoms with Crippen LogP contribution < -0.4 is 4.74 Å². The number of carbonyl (C=O) groups excluding carboxylic acids is 2. The van der Waals surface area contributed by atoms with Crippen molar-refractivity contribution < 1.29 is 23.8 Å². The Morgan fingerprint density at radius 2 is 1.30 bits per heavy atom. The molecule has 0 unspecified atom stereocenters. The van der Waals surface area contributed by atoms with Crippen molar-refractivity contribution in [1.82, 2.24) is 0 Å². The van der Waals surface area contributed by atoms with Crippen LogP contribution in [0, 0.1) is 0 Å². The van der Waals surface area contributed by atoms with Crippen LogP contribution in [0.3, 0.4) is 0 Å². The average Bonchev–Trinajstić information content (AvgIpc) is 2.94. The van der Waals surface area contributed by atoms with Gasteiger partial charge in [0.15, 0.2) is 5.60 Å². The first-order chi connectivity index (χ1) is 17.8. The zero-order valence-corrected chi connectivity index (χ0v) is 22.5. The third kappa shape index (κ3) is 3.75. The molecule has 37 heavy (non-hydrogen) atoms. The van der Waals surface area contributed by atoms with Gasteiger partial charge < -0.3 is 14.2 Å². The molecule has 186 valence electrons. The number of fused-ring (bicyclic) bond motifs is 3. The van der Waals surface area contributed by atoms with Crippen LogP contribution in [-0.4, -0.2) is 26.2 Å². The summed E-state index contributed by atoms with van der Waals surface area (Å²) in [6.45, 7) is 3.96. The van der Waals surface area contributed by atoms with Gasteiger partial charge >= 0.3 is 11.9 Å². The molecule has 0 saturated heterocycles. The van der Waals surface area contributed by atoms with Crippen LogP contribution in [0.25, 0.3) is 16.3 Å². The predicted molar refractivity (Wildman–Crippen MR) is 147 cm³/mol. The molecule has 4 aromatic rings. The third-order valence-corrected chi connectivity index (χ3v) is 7.58. The zero-order chi connectivity index (χ0) is 26.3. The van der Waals surface area contributed by atoms with Crippen molar-refractivity contribution in [3.63, 3.8) is 0 Å². The van der Waals surface area contributed by atoms with Crippen molar-refractivity contribution in [2.45, 2.75) is 19.4 Å². The van der Waals surface area contributed by atoms with E-state index in [2.05, 4.69) is 15.9 Å². The molecular weight excluding hydrogens is 532 g/mol. The van der Waals surface area contributed by atoms with Gasteiger partial charge in [-0.05, 0) is 43.2 Å². The van der Waals surface area contributed by atoms with E-state index in [1.165, 1.54) is 14.2 Å². The molecule has 0 atom stereocenters. The number of allylic oxidation sites excluding steroid dienone is 1. The highest BCUT2D eigenvalue weighted by Gasteiger charge is 2.46. The minimum absolute atomic E-state index is 0.126. The molecular formula is C31H25BrO5. The number of hydrogen-bond donors (Lipinski definition) is 0. The molecule has 0 aliphatic carbocycles.